The zero-order valence-electron chi connectivity index (χ0n) is 21.1. The van der Waals surface area contributed by atoms with Crippen molar-refractivity contribution in [1.29, 1.82) is 0 Å². The molecule has 1 aromatic heterocycles. The van der Waals surface area contributed by atoms with Gasteiger partial charge in [-0.05, 0) is 72.8 Å². The van der Waals surface area contributed by atoms with Crippen molar-refractivity contribution in [2.75, 3.05) is 31.8 Å². The van der Waals surface area contributed by atoms with E-state index in [4.69, 9.17) is 14.5 Å². The number of nitrogens with zero attached hydrogens (tertiary/aromatic N) is 1. The molecular weight excluding hydrogens is 524 g/mol. The maximum absolute atomic E-state index is 12.7. The van der Waals surface area contributed by atoms with Gasteiger partial charge in [-0.3, -0.25) is 4.79 Å². The van der Waals surface area contributed by atoms with Crippen molar-refractivity contribution in [1.82, 2.24) is 14.7 Å². The number of rotatable bonds is 11. The first-order valence-corrected chi connectivity index (χ1v) is 14.1. The Balaban J connectivity index is 1.46. The molecule has 0 bridgehead atoms. The van der Waals surface area contributed by atoms with Crippen LogP contribution in [-0.4, -0.2) is 50.8 Å². The molecule has 3 N–H and O–H groups in total. The summed E-state index contributed by atoms with van der Waals surface area (Å²) in [6.45, 7) is 1.60. The maximum Gasteiger partial charge on any atom is 0.240 e. The van der Waals surface area contributed by atoms with Gasteiger partial charge in [0.25, 0.3) is 0 Å². The third-order valence-electron chi connectivity index (χ3n) is 5.54. The van der Waals surface area contributed by atoms with Gasteiger partial charge >= 0.3 is 0 Å². The molecular formula is C27H28N4O5S2. The van der Waals surface area contributed by atoms with E-state index in [1.165, 1.54) is 30.8 Å². The van der Waals surface area contributed by atoms with Crippen molar-refractivity contribution in [3.63, 3.8) is 0 Å². The van der Waals surface area contributed by atoms with Crippen LogP contribution in [0.5, 0.6) is 11.5 Å². The number of sulfonamides is 1. The summed E-state index contributed by atoms with van der Waals surface area (Å²) in [5.74, 6) is 1.74. The Bertz CT molecular complexity index is 1420. The molecule has 0 saturated heterocycles. The van der Waals surface area contributed by atoms with E-state index in [9.17, 15) is 13.2 Å². The molecule has 0 aliphatic carbocycles. The van der Waals surface area contributed by atoms with Gasteiger partial charge in [-0.25, -0.2) is 18.1 Å². The molecule has 0 aliphatic rings. The minimum Gasteiger partial charge on any atom is -0.497 e. The summed E-state index contributed by atoms with van der Waals surface area (Å²) in [5.41, 5.74) is 4.02. The smallest absolute Gasteiger partial charge is 0.240 e. The summed E-state index contributed by atoms with van der Waals surface area (Å²) in [7, 11) is -0.448. The predicted octanol–water partition coefficient (Wildman–Crippen LogP) is 4.79. The van der Waals surface area contributed by atoms with Gasteiger partial charge in [-0.15, -0.1) is 0 Å². The highest BCUT2D eigenvalue weighted by molar-refractivity contribution is 7.99. The topological polar surface area (TPSA) is 122 Å². The average Bonchev–Trinajstić information content (AvgIpc) is 3.35. The summed E-state index contributed by atoms with van der Waals surface area (Å²) < 4.78 is 38.5. The van der Waals surface area contributed by atoms with Crippen molar-refractivity contribution >= 4 is 33.4 Å². The van der Waals surface area contributed by atoms with Crippen LogP contribution in [0.25, 0.3) is 22.5 Å². The number of carbonyl (C=O) groups excluding carboxylic acids is 1. The Labute approximate surface area is 226 Å². The van der Waals surface area contributed by atoms with Gasteiger partial charge in [-0.1, -0.05) is 11.8 Å². The molecule has 0 unspecified atom stereocenters. The van der Waals surface area contributed by atoms with Gasteiger partial charge in [0.05, 0.1) is 30.5 Å². The molecule has 0 fully saturated rings. The molecule has 0 saturated carbocycles. The van der Waals surface area contributed by atoms with Gasteiger partial charge in [0.1, 0.15) is 11.5 Å². The summed E-state index contributed by atoms with van der Waals surface area (Å²) in [4.78, 5) is 19.5. The molecule has 11 heteroatoms. The summed E-state index contributed by atoms with van der Waals surface area (Å²) >= 11 is 1.41. The number of ether oxygens (including phenoxy) is 2. The van der Waals surface area contributed by atoms with Gasteiger partial charge in [-0.2, -0.15) is 0 Å². The maximum atomic E-state index is 12.7. The second-order valence-electron chi connectivity index (χ2n) is 8.17. The number of methoxy groups -OCH3 is 2. The van der Waals surface area contributed by atoms with Crippen LogP contribution < -0.4 is 19.5 Å². The van der Waals surface area contributed by atoms with Crippen molar-refractivity contribution in [3.8, 4) is 34.0 Å². The Hall–Kier alpha value is -3.80. The summed E-state index contributed by atoms with van der Waals surface area (Å²) in [6.07, 6.45) is 0. The molecule has 4 rings (SSSR count). The van der Waals surface area contributed by atoms with Crippen LogP contribution >= 0.6 is 11.8 Å². The lowest BCUT2D eigenvalue weighted by atomic mass is 10.0. The third kappa shape index (κ3) is 6.74. The lowest BCUT2D eigenvalue weighted by molar-refractivity contribution is -0.114. The molecule has 38 heavy (non-hydrogen) atoms. The first-order chi connectivity index (χ1) is 18.3. The van der Waals surface area contributed by atoms with Crippen LogP contribution in [0.15, 0.2) is 82.8 Å². The van der Waals surface area contributed by atoms with E-state index in [-0.39, 0.29) is 17.3 Å². The number of thioether (sulfide) groups is 1. The quantitative estimate of drug-likeness (QED) is 0.181. The number of benzene rings is 3. The van der Waals surface area contributed by atoms with E-state index in [0.717, 1.165) is 34.0 Å². The third-order valence-corrected chi connectivity index (χ3v) is 7.89. The monoisotopic (exact) mass is 552 g/mol. The molecule has 0 radical (unpaired) electrons. The largest absolute Gasteiger partial charge is 0.497 e. The summed E-state index contributed by atoms with van der Waals surface area (Å²) in [5, 5.41) is 3.28. The van der Waals surface area contributed by atoms with Crippen LogP contribution in [0.4, 0.5) is 5.69 Å². The normalized spacial score (nSPS) is 11.2. The van der Waals surface area contributed by atoms with Crippen molar-refractivity contribution in [2.45, 2.75) is 17.0 Å². The molecule has 1 heterocycles. The second-order valence-corrected chi connectivity index (χ2v) is 11.0. The summed E-state index contributed by atoms with van der Waals surface area (Å²) in [6, 6.07) is 21.4. The Morgan fingerprint density at radius 3 is 2.03 bits per heavy atom. The number of hydrogen-bond acceptors (Lipinski definition) is 7. The van der Waals surface area contributed by atoms with E-state index in [0.29, 0.717) is 16.6 Å². The van der Waals surface area contributed by atoms with Crippen LogP contribution in [0.1, 0.15) is 6.92 Å². The molecule has 9 nitrogen and oxygen atoms in total. The standard InChI is InChI=1S/C27H28N4O5S2/c1-18(32)29-21-8-14-24(15-9-21)38(33,34)28-16-17-37-27-30-25(19-4-10-22(35-2)11-5-19)26(31-27)20-6-12-23(36-3)13-7-20/h4-15,28H,16-17H2,1-3H3,(H,29,32)(H,30,31). The highest BCUT2D eigenvalue weighted by atomic mass is 32.2. The molecule has 0 aliphatic heterocycles. The lowest BCUT2D eigenvalue weighted by Gasteiger charge is -2.07. The molecule has 4 aromatic rings. The fourth-order valence-electron chi connectivity index (χ4n) is 3.67. The number of nitrogens with one attached hydrogen (secondary N) is 3. The van der Waals surface area contributed by atoms with Gasteiger partial charge in [0, 0.05) is 36.0 Å². The first kappa shape index (κ1) is 27.2. The molecule has 0 atom stereocenters. The predicted molar refractivity (Wildman–Crippen MR) is 149 cm³/mol. The fourth-order valence-corrected chi connectivity index (χ4v) is 5.56. The second kappa shape index (κ2) is 12.2. The number of H-pyrrole nitrogens is 1. The zero-order valence-corrected chi connectivity index (χ0v) is 22.8. The van der Waals surface area contributed by atoms with E-state index in [1.807, 2.05) is 48.5 Å². The first-order valence-electron chi connectivity index (χ1n) is 11.7. The van der Waals surface area contributed by atoms with Gasteiger partial charge in [0.15, 0.2) is 5.16 Å². The van der Waals surface area contributed by atoms with E-state index in [2.05, 4.69) is 15.0 Å². The Morgan fingerprint density at radius 2 is 1.47 bits per heavy atom. The van der Waals surface area contributed by atoms with Crippen LogP contribution in [-0.2, 0) is 14.8 Å². The molecule has 3 aromatic carbocycles. The minimum atomic E-state index is -3.69. The van der Waals surface area contributed by atoms with Gasteiger partial charge in [0.2, 0.25) is 15.9 Å². The zero-order chi connectivity index (χ0) is 27.1. The number of hydrogen-bond donors (Lipinski definition) is 3. The Kier molecular flexibility index (Phi) is 8.72. The van der Waals surface area contributed by atoms with Crippen LogP contribution in [0, 0.1) is 0 Å². The molecule has 0 spiro atoms. The SMILES string of the molecule is COc1ccc(-c2nc(SCCNS(=O)(=O)c3ccc(NC(C)=O)cc3)[nH]c2-c2ccc(OC)cc2)cc1. The number of amides is 1. The van der Waals surface area contributed by atoms with Crippen molar-refractivity contribution in [3.05, 3.63) is 72.8 Å². The van der Waals surface area contributed by atoms with E-state index < -0.39 is 10.0 Å². The van der Waals surface area contributed by atoms with Gasteiger partial charge < -0.3 is 19.8 Å². The van der Waals surface area contributed by atoms with E-state index in [1.54, 1.807) is 26.4 Å². The fraction of sp³-hybridized carbons (Fsp3) is 0.185. The highest BCUT2D eigenvalue weighted by Gasteiger charge is 2.17. The number of aromatic nitrogens is 2. The van der Waals surface area contributed by atoms with Crippen LogP contribution in [0.2, 0.25) is 0 Å². The highest BCUT2D eigenvalue weighted by Crippen LogP contribution is 2.34. The average molecular weight is 553 g/mol. The molecule has 1 amide bonds. The number of carbonyl (C=O) groups is 1. The number of aromatic amines is 1. The molecule has 198 valence electrons. The van der Waals surface area contributed by atoms with Crippen LogP contribution in [0.3, 0.4) is 0 Å². The van der Waals surface area contributed by atoms with Crippen molar-refractivity contribution < 1.29 is 22.7 Å². The minimum absolute atomic E-state index is 0.123. The lowest BCUT2D eigenvalue weighted by Crippen LogP contribution is -2.26. The number of imidazole rings is 1. The van der Waals surface area contributed by atoms with Crippen molar-refractivity contribution in [2.24, 2.45) is 0 Å². The Morgan fingerprint density at radius 1 is 0.895 bits per heavy atom. The number of anilines is 1. The van der Waals surface area contributed by atoms with E-state index >= 15 is 0 Å².